The number of thiazole rings is 1. The minimum Gasteiger partial charge on any atom is -0.494 e. The fourth-order valence-electron chi connectivity index (χ4n) is 4.43. The number of para-hydroxylation sites is 1. The van der Waals surface area contributed by atoms with E-state index in [1.807, 2.05) is 19.1 Å². The Morgan fingerprint density at radius 3 is 2.38 bits per heavy atom. The van der Waals surface area contributed by atoms with Crippen molar-refractivity contribution in [1.82, 2.24) is 15.2 Å². The molecule has 4 aromatic rings. The highest BCUT2D eigenvalue weighted by atomic mass is 35.5. The van der Waals surface area contributed by atoms with Gasteiger partial charge in [-0.3, -0.25) is 14.4 Å². The summed E-state index contributed by atoms with van der Waals surface area (Å²) in [6.07, 6.45) is 0. The maximum atomic E-state index is 12.6. The summed E-state index contributed by atoms with van der Waals surface area (Å²) in [5.41, 5.74) is 2.76. The maximum Gasteiger partial charge on any atom is 0.261 e. The molecule has 212 valence electrons. The van der Waals surface area contributed by atoms with Crippen molar-refractivity contribution in [2.75, 3.05) is 56.0 Å². The maximum absolute atomic E-state index is 12.6. The number of anilines is 2. The zero-order valence-electron chi connectivity index (χ0n) is 22.3. The monoisotopic (exact) mass is 601 g/mol. The van der Waals surface area contributed by atoms with Gasteiger partial charge in [-0.05, 0) is 55.5 Å². The number of nitrogens with one attached hydrogen (secondary N) is 2. The van der Waals surface area contributed by atoms with Crippen LogP contribution in [0.1, 0.15) is 15.9 Å². The molecule has 40 heavy (non-hydrogen) atoms. The number of aryl methyl sites for hydroxylation is 1. The van der Waals surface area contributed by atoms with Crippen LogP contribution in [-0.2, 0) is 10.0 Å². The average Bonchev–Trinajstić information content (AvgIpc) is 3.38. The number of rotatable bonds is 9. The Labute approximate surface area is 244 Å². The third-order valence-electron chi connectivity index (χ3n) is 6.68. The summed E-state index contributed by atoms with van der Waals surface area (Å²) < 4.78 is 34.3. The van der Waals surface area contributed by atoms with E-state index < -0.39 is 10.0 Å². The van der Waals surface area contributed by atoms with E-state index in [4.69, 9.17) is 9.72 Å². The standard InChI is InChI=1S/C28H31N5O4S2.ClH/c1-20-6-12-23(13-7-20)39(35,36)31-22-10-8-21(9-11-22)27(34)29-14-15-32-16-18-33(19-17-32)28-30-26-24(37-2)4-3-5-25(26)38-28;/h3-13,31H,14-19H2,1-2H3,(H,29,34);1H. The molecule has 0 bridgehead atoms. The van der Waals surface area contributed by atoms with Crippen molar-refractivity contribution < 1.29 is 17.9 Å². The molecule has 9 nitrogen and oxygen atoms in total. The van der Waals surface area contributed by atoms with Crippen molar-refractivity contribution in [3.8, 4) is 5.75 Å². The molecule has 1 amide bonds. The van der Waals surface area contributed by atoms with E-state index >= 15 is 0 Å². The summed E-state index contributed by atoms with van der Waals surface area (Å²) in [4.78, 5) is 22.2. The van der Waals surface area contributed by atoms with Crippen LogP contribution in [0.5, 0.6) is 5.75 Å². The molecule has 2 heterocycles. The van der Waals surface area contributed by atoms with Gasteiger partial charge in [0.2, 0.25) is 0 Å². The number of nitrogens with zero attached hydrogens (tertiary/aromatic N) is 3. The zero-order valence-corrected chi connectivity index (χ0v) is 24.7. The molecule has 1 saturated heterocycles. The second-order valence-electron chi connectivity index (χ2n) is 9.38. The van der Waals surface area contributed by atoms with E-state index in [2.05, 4.69) is 25.9 Å². The Kier molecular flexibility index (Phi) is 9.52. The van der Waals surface area contributed by atoms with E-state index in [0.717, 1.165) is 59.4 Å². The number of hydrogen-bond acceptors (Lipinski definition) is 8. The average molecular weight is 602 g/mol. The molecular formula is C28H32ClN5O4S2. The quantitative estimate of drug-likeness (QED) is 0.293. The van der Waals surface area contributed by atoms with Gasteiger partial charge in [-0.1, -0.05) is 35.1 Å². The molecule has 0 unspecified atom stereocenters. The van der Waals surface area contributed by atoms with E-state index in [9.17, 15) is 13.2 Å². The minimum atomic E-state index is -3.69. The third kappa shape index (κ3) is 6.84. The smallest absolute Gasteiger partial charge is 0.261 e. The Morgan fingerprint density at radius 2 is 1.70 bits per heavy atom. The molecule has 0 aliphatic carbocycles. The van der Waals surface area contributed by atoms with Crippen LogP contribution in [0.15, 0.2) is 71.6 Å². The predicted octanol–water partition coefficient (Wildman–Crippen LogP) is 4.39. The molecule has 3 aromatic carbocycles. The van der Waals surface area contributed by atoms with E-state index in [1.165, 1.54) is 0 Å². The molecule has 5 rings (SSSR count). The molecule has 1 aliphatic rings. The number of ether oxygens (including phenoxy) is 1. The lowest BCUT2D eigenvalue weighted by molar-refractivity contribution is 0.0948. The summed E-state index contributed by atoms with van der Waals surface area (Å²) in [5.74, 6) is 0.604. The number of benzene rings is 3. The van der Waals surface area contributed by atoms with Crippen LogP contribution in [-0.4, -0.2) is 70.6 Å². The number of carbonyl (C=O) groups is 1. The molecule has 1 fully saturated rings. The first-order valence-corrected chi connectivity index (χ1v) is 15.0. The topological polar surface area (TPSA) is 104 Å². The molecule has 0 saturated carbocycles. The van der Waals surface area contributed by atoms with Gasteiger partial charge in [0, 0.05) is 50.5 Å². The van der Waals surface area contributed by atoms with Crippen molar-refractivity contribution in [2.24, 2.45) is 0 Å². The molecule has 1 aromatic heterocycles. The van der Waals surface area contributed by atoms with Gasteiger partial charge in [0.05, 0.1) is 16.7 Å². The van der Waals surface area contributed by atoms with Gasteiger partial charge < -0.3 is 15.0 Å². The largest absolute Gasteiger partial charge is 0.494 e. The number of hydrogen-bond donors (Lipinski definition) is 2. The third-order valence-corrected chi connectivity index (χ3v) is 9.16. The van der Waals surface area contributed by atoms with Crippen molar-refractivity contribution in [3.05, 3.63) is 77.9 Å². The molecule has 0 spiro atoms. The number of carbonyl (C=O) groups excluding carboxylic acids is 1. The second-order valence-corrected chi connectivity index (χ2v) is 12.1. The van der Waals surface area contributed by atoms with Crippen LogP contribution in [0, 0.1) is 6.92 Å². The zero-order chi connectivity index (χ0) is 27.4. The van der Waals surface area contributed by atoms with Gasteiger partial charge in [0.25, 0.3) is 15.9 Å². The fourth-order valence-corrected chi connectivity index (χ4v) is 6.52. The number of piperazine rings is 1. The Morgan fingerprint density at radius 1 is 1.00 bits per heavy atom. The minimum absolute atomic E-state index is 0. The lowest BCUT2D eigenvalue weighted by Crippen LogP contribution is -2.48. The fraction of sp³-hybridized carbons (Fsp3) is 0.286. The molecule has 0 atom stereocenters. The van der Waals surface area contributed by atoms with Crippen LogP contribution in [0.3, 0.4) is 0 Å². The van der Waals surface area contributed by atoms with Crippen LogP contribution < -0.4 is 19.7 Å². The van der Waals surface area contributed by atoms with E-state index in [-0.39, 0.29) is 23.2 Å². The van der Waals surface area contributed by atoms with Crippen LogP contribution >= 0.6 is 23.7 Å². The Bertz CT molecular complexity index is 1550. The van der Waals surface area contributed by atoms with E-state index in [0.29, 0.717) is 17.8 Å². The SMILES string of the molecule is COc1cccc2sc(N3CCN(CCNC(=O)c4ccc(NS(=O)(=O)c5ccc(C)cc5)cc4)CC3)nc12.Cl. The Hall–Kier alpha value is -3.38. The first-order chi connectivity index (χ1) is 18.8. The van der Waals surface area contributed by atoms with Crippen LogP contribution in [0.4, 0.5) is 10.8 Å². The van der Waals surface area contributed by atoms with Crippen LogP contribution in [0.25, 0.3) is 10.2 Å². The summed E-state index contributed by atoms with van der Waals surface area (Å²) in [7, 11) is -2.03. The van der Waals surface area contributed by atoms with E-state index in [1.54, 1.807) is 67.0 Å². The second kappa shape index (κ2) is 12.9. The lowest BCUT2D eigenvalue weighted by Gasteiger charge is -2.34. The number of amides is 1. The highest BCUT2D eigenvalue weighted by molar-refractivity contribution is 7.92. The summed E-state index contributed by atoms with van der Waals surface area (Å²) in [5, 5.41) is 3.97. The normalized spacial score (nSPS) is 14.0. The molecule has 12 heteroatoms. The lowest BCUT2D eigenvalue weighted by atomic mass is 10.2. The first kappa shape index (κ1) is 29.6. The number of halogens is 1. The van der Waals surface area contributed by atoms with Crippen molar-refractivity contribution >= 4 is 60.7 Å². The van der Waals surface area contributed by atoms with Gasteiger partial charge in [0.1, 0.15) is 11.3 Å². The van der Waals surface area contributed by atoms with Gasteiger partial charge in [-0.15, -0.1) is 12.4 Å². The molecule has 1 aliphatic heterocycles. The van der Waals surface area contributed by atoms with Gasteiger partial charge in [0.15, 0.2) is 5.13 Å². The van der Waals surface area contributed by atoms with Gasteiger partial charge in [-0.25, -0.2) is 13.4 Å². The number of fused-ring (bicyclic) bond motifs is 1. The van der Waals surface area contributed by atoms with Crippen molar-refractivity contribution in [2.45, 2.75) is 11.8 Å². The molecule has 0 radical (unpaired) electrons. The van der Waals surface area contributed by atoms with Gasteiger partial charge in [-0.2, -0.15) is 0 Å². The van der Waals surface area contributed by atoms with Crippen molar-refractivity contribution in [1.29, 1.82) is 0 Å². The number of sulfonamides is 1. The van der Waals surface area contributed by atoms with Gasteiger partial charge >= 0.3 is 0 Å². The van der Waals surface area contributed by atoms with Crippen LogP contribution in [0.2, 0.25) is 0 Å². The summed E-state index contributed by atoms with van der Waals surface area (Å²) in [6, 6.07) is 19.0. The van der Waals surface area contributed by atoms with Crippen molar-refractivity contribution in [3.63, 3.8) is 0 Å². The number of aromatic nitrogens is 1. The molecule has 2 N–H and O–H groups in total. The summed E-state index contributed by atoms with van der Waals surface area (Å²) >= 11 is 1.68. The first-order valence-electron chi connectivity index (χ1n) is 12.7. The molecular weight excluding hydrogens is 570 g/mol. The summed E-state index contributed by atoms with van der Waals surface area (Å²) in [6.45, 7) is 6.70. The highest BCUT2D eigenvalue weighted by Crippen LogP contribution is 2.34. The Balaban J connectivity index is 0.00000370. The highest BCUT2D eigenvalue weighted by Gasteiger charge is 2.21. The number of methoxy groups -OCH3 is 1. The predicted molar refractivity (Wildman–Crippen MR) is 163 cm³/mol.